The molecule has 0 bridgehead atoms. The van der Waals surface area contributed by atoms with Gasteiger partial charge in [-0.3, -0.25) is 14.4 Å². The molecule has 12 heteroatoms. The lowest BCUT2D eigenvalue weighted by molar-refractivity contribution is -0.137. The van der Waals surface area contributed by atoms with E-state index < -0.39 is 42.0 Å². The molecule has 1 saturated heterocycles. The summed E-state index contributed by atoms with van der Waals surface area (Å²) < 4.78 is 10.2. The van der Waals surface area contributed by atoms with Gasteiger partial charge in [0, 0.05) is 24.6 Å². The zero-order valence-electron chi connectivity index (χ0n) is 24.1. The van der Waals surface area contributed by atoms with Crippen molar-refractivity contribution in [2.45, 2.75) is 64.8 Å². The van der Waals surface area contributed by atoms with Crippen LogP contribution in [-0.4, -0.2) is 73.1 Å². The average Bonchev–Trinajstić information content (AvgIpc) is 3.35. The fourth-order valence-electron chi connectivity index (χ4n) is 4.22. The Balaban J connectivity index is 2.09. The molecule has 0 aliphatic carbocycles. The fraction of sp³-hybridized carbons (Fsp3) is 0.552. The lowest BCUT2D eigenvalue weighted by atomic mass is 9.97. The van der Waals surface area contributed by atoms with Crippen LogP contribution in [0.25, 0.3) is 0 Å². The Hall–Kier alpha value is -3.54. The summed E-state index contributed by atoms with van der Waals surface area (Å²) in [6, 6.07) is 6.68. The van der Waals surface area contributed by atoms with Gasteiger partial charge in [-0.05, 0) is 49.7 Å². The number of ether oxygens (including phenoxy) is 2. The molecule has 2 rings (SSSR count). The van der Waals surface area contributed by atoms with Crippen molar-refractivity contribution >= 4 is 41.5 Å². The summed E-state index contributed by atoms with van der Waals surface area (Å²) in [6.45, 7) is 6.06. The maximum atomic E-state index is 13.4. The van der Waals surface area contributed by atoms with Gasteiger partial charge in [-0.2, -0.15) is 11.8 Å². The zero-order valence-corrected chi connectivity index (χ0v) is 25.0. The van der Waals surface area contributed by atoms with Gasteiger partial charge in [0.1, 0.15) is 18.7 Å². The van der Waals surface area contributed by atoms with Crippen LogP contribution < -0.4 is 21.3 Å². The predicted molar refractivity (Wildman–Crippen MR) is 157 cm³/mol. The number of hydrogen-bond acceptors (Lipinski definition) is 8. The molecule has 0 radical (unpaired) electrons. The van der Waals surface area contributed by atoms with Crippen LogP contribution in [0.15, 0.2) is 42.5 Å². The van der Waals surface area contributed by atoms with E-state index in [9.17, 15) is 24.0 Å². The molecule has 1 heterocycles. The summed E-state index contributed by atoms with van der Waals surface area (Å²) in [6.07, 6.45) is 5.13. The maximum absolute atomic E-state index is 13.4. The second kappa shape index (κ2) is 18.0. The third kappa shape index (κ3) is 12.2. The monoisotopic (exact) mass is 590 g/mol. The summed E-state index contributed by atoms with van der Waals surface area (Å²) in [5.41, 5.74) is 0.809. The first-order valence-corrected chi connectivity index (χ1v) is 15.2. The van der Waals surface area contributed by atoms with Crippen LogP contribution >= 0.6 is 11.8 Å². The lowest BCUT2D eigenvalue weighted by Gasteiger charge is -2.26. The predicted octanol–water partition coefficient (Wildman–Crippen LogP) is 2.31. The molecular formula is C29H42N4O7S. The molecule has 1 fully saturated rings. The molecule has 1 aliphatic rings. The summed E-state index contributed by atoms with van der Waals surface area (Å²) in [5.74, 6) is -1.66. The number of carbonyl (C=O) groups is 5. The Morgan fingerprint density at radius 3 is 2.41 bits per heavy atom. The molecule has 4 N–H and O–H groups in total. The topological polar surface area (TPSA) is 152 Å². The highest BCUT2D eigenvalue weighted by atomic mass is 32.2. The number of esters is 1. The number of carbonyl (C=O) groups excluding carboxylic acids is 5. The minimum atomic E-state index is -0.940. The Labute approximate surface area is 245 Å². The minimum Gasteiger partial charge on any atom is -0.463 e. The molecule has 1 aliphatic heterocycles. The number of hydrogen-bond donors (Lipinski definition) is 4. The second-order valence-electron chi connectivity index (χ2n) is 10.0. The summed E-state index contributed by atoms with van der Waals surface area (Å²) in [5, 5.41) is 11.0. The number of nitrogens with one attached hydrogen (secondary N) is 4. The summed E-state index contributed by atoms with van der Waals surface area (Å²) in [4.78, 5) is 63.2. The van der Waals surface area contributed by atoms with Crippen LogP contribution in [0.3, 0.4) is 0 Å². The van der Waals surface area contributed by atoms with E-state index in [-0.39, 0.29) is 31.0 Å². The van der Waals surface area contributed by atoms with Gasteiger partial charge < -0.3 is 30.7 Å². The molecule has 1 aromatic rings. The van der Waals surface area contributed by atoms with Crippen LogP contribution in [0.4, 0.5) is 4.79 Å². The van der Waals surface area contributed by atoms with Gasteiger partial charge in [0.15, 0.2) is 0 Å². The lowest BCUT2D eigenvalue weighted by Crippen LogP contribution is -2.56. The third-order valence-electron chi connectivity index (χ3n) is 6.46. The van der Waals surface area contributed by atoms with Gasteiger partial charge in [0.25, 0.3) is 0 Å². The number of rotatable bonds is 16. The van der Waals surface area contributed by atoms with Crippen molar-refractivity contribution in [3.8, 4) is 0 Å². The van der Waals surface area contributed by atoms with Gasteiger partial charge in [-0.1, -0.05) is 50.3 Å². The minimum absolute atomic E-state index is 0.0532. The molecule has 0 spiro atoms. The standard InChI is InChI=1S/C29H42N4O7S/c1-5-39-24(34)12-11-22(17-21-13-15-30-26(21)35)31-27(36)23(14-16-41-4)32-28(37)25(19(2)3)33-29(38)40-18-20-9-7-6-8-10-20/h6-12,19,21-23,25H,5,13-18H2,1-4H3,(H,30,35)(H,31,36)(H,32,37)(H,33,38)/t21-,22+,23-,25-/m0/s1. The normalized spacial score (nSPS) is 16.9. The highest BCUT2D eigenvalue weighted by Crippen LogP contribution is 2.17. The Morgan fingerprint density at radius 2 is 1.80 bits per heavy atom. The van der Waals surface area contributed by atoms with E-state index >= 15 is 0 Å². The van der Waals surface area contributed by atoms with E-state index in [1.807, 2.05) is 36.6 Å². The van der Waals surface area contributed by atoms with Crippen LogP contribution in [0.2, 0.25) is 0 Å². The van der Waals surface area contributed by atoms with Gasteiger partial charge in [0.05, 0.1) is 6.61 Å². The van der Waals surface area contributed by atoms with E-state index in [2.05, 4.69) is 21.3 Å². The van der Waals surface area contributed by atoms with Crippen LogP contribution in [-0.2, 0) is 35.3 Å². The fourth-order valence-corrected chi connectivity index (χ4v) is 4.69. The average molecular weight is 591 g/mol. The largest absolute Gasteiger partial charge is 0.463 e. The number of alkyl carbamates (subject to hydrolysis) is 1. The highest BCUT2D eigenvalue weighted by molar-refractivity contribution is 7.98. The number of amides is 4. The van der Waals surface area contributed by atoms with E-state index in [1.54, 1.807) is 20.8 Å². The molecule has 0 unspecified atom stereocenters. The van der Waals surface area contributed by atoms with Gasteiger partial charge in [-0.25, -0.2) is 9.59 Å². The molecule has 4 atom stereocenters. The molecule has 0 aromatic heterocycles. The van der Waals surface area contributed by atoms with Crippen molar-refractivity contribution in [2.24, 2.45) is 11.8 Å². The molecule has 11 nitrogen and oxygen atoms in total. The quantitative estimate of drug-likeness (QED) is 0.169. The van der Waals surface area contributed by atoms with Crippen molar-refractivity contribution in [2.75, 3.05) is 25.2 Å². The molecule has 4 amide bonds. The van der Waals surface area contributed by atoms with Crippen LogP contribution in [0, 0.1) is 11.8 Å². The molecule has 41 heavy (non-hydrogen) atoms. The summed E-state index contributed by atoms with van der Waals surface area (Å²) >= 11 is 1.52. The number of benzene rings is 1. The molecule has 0 saturated carbocycles. The van der Waals surface area contributed by atoms with E-state index in [4.69, 9.17) is 9.47 Å². The Kier molecular flexibility index (Phi) is 14.8. The van der Waals surface area contributed by atoms with E-state index in [0.29, 0.717) is 31.6 Å². The highest BCUT2D eigenvalue weighted by Gasteiger charge is 2.31. The van der Waals surface area contributed by atoms with Crippen molar-refractivity contribution < 1.29 is 33.4 Å². The Bertz CT molecular complexity index is 1050. The molecule has 1 aromatic carbocycles. The first kappa shape index (κ1) is 33.7. The van der Waals surface area contributed by atoms with E-state index in [0.717, 1.165) is 5.56 Å². The van der Waals surface area contributed by atoms with Crippen molar-refractivity contribution in [1.82, 2.24) is 21.3 Å². The van der Waals surface area contributed by atoms with Crippen molar-refractivity contribution in [1.29, 1.82) is 0 Å². The van der Waals surface area contributed by atoms with Crippen LogP contribution in [0.1, 0.15) is 45.6 Å². The van der Waals surface area contributed by atoms with Gasteiger partial charge in [0.2, 0.25) is 17.7 Å². The molecule has 226 valence electrons. The Morgan fingerprint density at radius 1 is 1.07 bits per heavy atom. The van der Waals surface area contributed by atoms with Crippen LogP contribution in [0.5, 0.6) is 0 Å². The van der Waals surface area contributed by atoms with Crippen molar-refractivity contribution in [3.63, 3.8) is 0 Å². The summed E-state index contributed by atoms with van der Waals surface area (Å²) in [7, 11) is 0. The van der Waals surface area contributed by atoms with E-state index in [1.165, 1.54) is 23.9 Å². The zero-order chi connectivity index (χ0) is 30.2. The van der Waals surface area contributed by atoms with Crippen molar-refractivity contribution in [3.05, 3.63) is 48.0 Å². The first-order valence-electron chi connectivity index (χ1n) is 13.8. The maximum Gasteiger partial charge on any atom is 0.408 e. The smallest absolute Gasteiger partial charge is 0.408 e. The molecular weight excluding hydrogens is 548 g/mol. The second-order valence-corrected chi connectivity index (χ2v) is 11.0. The number of thioether (sulfide) groups is 1. The SMILES string of the molecule is CCOC(=O)C=C[C@H](C[C@@H]1CCNC1=O)NC(=O)[C@H](CCSC)NC(=O)[C@@H](NC(=O)OCc1ccccc1)C(C)C. The first-order chi connectivity index (χ1) is 19.6. The van der Waals surface area contributed by atoms with Gasteiger partial charge in [-0.15, -0.1) is 0 Å². The third-order valence-corrected chi connectivity index (χ3v) is 7.10. The van der Waals surface area contributed by atoms with Gasteiger partial charge >= 0.3 is 12.1 Å².